The molecule has 0 atom stereocenters. The van der Waals surface area contributed by atoms with Gasteiger partial charge in [0.05, 0.1) is 11.0 Å². The highest BCUT2D eigenvalue weighted by atomic mass is 32.2. The predicted molar refractivity (Wildman–Crippen MR) is 112 cm³/mol. The number of benzene rings is 1. The maximum atomic E-state index is 6.21. The van der Waals surface area contributed by atoms with E-state index in [9.17, 15) is 0 Å². The number of nitrogens with zero attached hydrogens (tertiary/aromatic N) is 4. The second kappa shape index (κ2) is 7.45. The number of hydrogen-bond donors (Lipinski definition) is 1. The standard InChI is InChI=1S/C20H27N5S/c1-3-17-23-18-19(15-8-4-5-9-16(15)22-20(18)21)25(17)11-7-6-10-24(2)14-12-26-13-14/h4-5,8-9,14H,3,6-7,10-13H2,1-2H3,(H2,21,22). The maximum absolute atomic E-state index is 6.21. The van der Waals surface area contributed by atoms with Crippen molar-refractivity contribution in [3.8, 4) is 0 Å². The number of rotatable bonds is 7. The van der Waals surface area contributed by atoms with Gasteiger partial charge in [-0.3, -0.25) is 0 Å². The van der Waals surface area contributed by atoms with Crippen LogP contribution in [0, 0.1) is 0 Å². The molecule has 26 heavy (non-hydrogen) atoms. The topological polar surface area (TPSA) is 60.0 Å². The maximum Gasteiger partial charge on any atom is 0.152 e. The van der Waals surface area contributed by atoms with Crippen molar-refractivity contribution in [3.05, 3.63) is 30.1 Å². The molecular formula is C20H27N5S. The van der Waals surface area contributed by atoms with Crippen LogP contribution in [0.25, 0.3) is 21.9 Å². The third-order valence-electron chi connectivity index (χ3n) is 5.39. The molecule has 0 spiro atoms. The number of imidazole rings is 1. The van der Waals surface area contributed by atoms with Gasteiger partial charge < -0.3 is 15.2 Å². The van der Waals surface area contributed by atoms with E-state index in [2.05, 4.69) is 40.6 Å². The molecule has 4 rings (SSSR count). The molecule has 3 aromatic rings. The summed E-state index contributed by atoms with van der Waals surface area (Å²) in [5, 5.41) is 1.15. The first kappa shape index (κ1) is 17.6. The third-order valence-corrected chi connectivity index (χ3v) is 6.63. The summed E-state index contributed by atoms with van der Waals surface area (Å²) in [6.45, 7) is 4.32. The zero-order valence-corrected chi connectivity index (χ0v) is 16.4. The van der Waals surface area contributed by atoms with Crippen LogP contribution in [0.5, 0.6) is 0 Å². The summed E-state index contributed by atoms with van der Waals surface area (Å²) in [6.07, 6.45) is 3.26. The second-order valence-corrected chi connectivity index (χ2v) is 8.20. The van der Waals surface area contributed by atoms with E-state index in [0.717, 1.165) is 53.2 Å². The van der Waals surface area contributed by atoms with E-state index in [-0.39, 0.29) is 0 Å². The lowest BCUT2D eigenvalue weighted by molar-refractivity contribution is 0.265. The van der Waals surface area contributed by atoms with Gasteiger partial charge in [0.1, 0.15) is 11.3 Å². The highest BCUT2D eigenvalue weighted by molar-refractivity contribution is 8.00. The molecule has 0 unspecified atom stereocenters. The van der Waals surface area contributed by atoms with Crippen molar-refractivity contribution in [2.45, 2.75) is 38.8 Å². The monoisotopic (exact) mass is 369 g/mol. The third kappa shape index (κ3) is 3.16. The van der Waals surface area contributed by atoms with Gasteiger partial charge >= 0.3 is 0 Å². The lowest BCUT2D eigenvalue weighted by atomic mass is 10.2. The Balaban J connectivity index is 1.58. The zero-order chi connectivity index (χ0) is 18.1. The van der Waals surface area contributed by atoms with Gasteiger partial charge in [0.25, 0.3) is 0 Å². The van der Waals surface area contributed by atoms with Crippen molar-refractivity contribution in [1.82, 2.24) is 19.4 Å². The number of pyridine rings is 1. The Labute approximate surface area is 159 Å². The largest absolute Gasteiger partial charge is 0.382 e. The molecule has 0 radical (unpaired) electrons. The highest BCUT2D eigenvalue weighted by Gasteiger charge is 2.22. The van der Waals surface area contributed by atoms with Crippen LogP contribution in [0.3, 0.4) is 0 Å². The first-order valence-corrected chi connectivity index (χ1v) is 10.7. The Morgan fingerprint density at radius 2 is 2.04 bits per heavy atom. The summed E-state index contributed by atoms with van der Waals surface area (Å²) in [7, 11) is 2.26. The summed E-state index contributed by atoms with van der Waals surface area (Å²) in [5.41, 5.74) is 9.16. The molecule has 2 N–H and O–H groups in total. The Morgan fingerprint density at radius 3 is 2.77 bits per heavy atom. The van der Waals surface area contributed by atoms with Crippen LogP contribution in [-0.4, -0.2) is 50.6 Å². The quantitative estimate of drug-likeness (QED) is 0.645. The molecule has 0 amide bonds. The van der Waals surface area contributed by atoms with E-state index in [1.807, 2.05) is 23.9 Å². The number of hydrogen-bond acceptors (Lipinski definition) is 5. The van der Waals surface area contributed by atoms with Crippen molar-refractivity contribution in [2.75, 3.05) is 30.8 Å². The summed E-state index contributed by atoms with van der Waals surface area (Å²) in [4.78, 5) is 11.9. The molecule has 0 aliphatic carbocycles. The molecule has 3 heterocycles. The smallest absolute Gasteiger partial charge is 0.152 e. The number of unbranched alkanes of at least 4 members (excludes halogenated alkanes) is 1. The molecule has 1 aromatic carbocycles. The molecule has 1 aliphatic heterocycles. The minimum absolute atomic E-state index is 0.536. The lowest BCUT2D eigenvalue weighted by Gasteiger charge is -2.34. The Bertz CT molecular complexity index is 915. The van der Waals surface area contributed by atoms with Gasteiger partial charge in [0, 0.05) is 35.9 Å². The molecule has 1 aliphatic rings. The SMILES string of the molecule is CCc1nc2c(N)nc3ccccc3c2n1CCCCN(C)C1CSC1. The summed E-state index contributed by atoms with van der Waals surface area (Å²) < 4.78 is 2.37. The molecule has 138 valence electrons. The van der Waals surface area contributed by atoms with Crippen LogP contribution >= 0.6 is 11.8 Å². The number of para-hydroxylation sites is 1. The predicted octanol–water partition coefficient (Wildman–Crippen LogP) is 3.56. The average molecular weight is 370 g/mol. The number of thioether (sulfide) groups is 1. The van der Waals surface area contributed by atoms with Gasteiger partial charge in [-0.2, -0.15) is 11.8 Å². The average Bonchev–Trinajstić information content (AvgIpc) is 2.97. The van der Waals surface area contributed by atoms with Crippen LogP contribution in [0.15, 0.2) is 24.3 Å². The van der Waals surface area contributed by atoms with Gasteiger partial charge in [-0.05, 0) is 32.5 Å². The van der Waals surface area contributed by atoms with Crippen LogP contribution in [0.1, 0.15) is 25.6 Å². The van der Waals surface area contributed by atoms with Crippen molar-refractivity contribution in [1.29, 1.82) is 0 Å². The van der Waals surface area contributed by atoms with Crippen molar-refractivity contribution in [2.24, 2.45) is 0 Å². The van der Waals surface area contributed by atoms with E-state index < -0.39 is 0 Å². The minimum Gasteiger partial charge on any atom is -0.382 e. The van der Waals surface area contributed by atoms with Gasteiger partial charge in [0.2, 0.25) is 0 Å². The Kier molecular flexibility index (Phi) is 5.05. The number of aryl methyl sites for hydroxylation is 2. The van der Waals surface area contributed by atoms with Gasteiger partial charge in [-0.25, -0.2) is 9.97 Å². The van der Waals surface area contributed by atoms with Crippen molar-refractivity contribution >= 4 is 39.5 Å². The normalized spacial score (nSPS) is 15.2. The fourth-order valence-electron chi connectivity index (χ4n) is 3.71. The molecular weight excluding hydrogens is 342 g/mol. The number of aromatic nitrogens is 3. The van der Waals surface area contributed by atoms with Crippen LogP contribution < -0.4 is 5.73 Å². The first-order valence-electron chi connectivity index (χ1n) is 9.50. The Hall–Kier alpha value is -1.79. The summed E-state index contributed by atoms with van der Waals surface area (Å²) >= 11 is 2.05. The van der Waals surface area contributed by atoms with Crippen molar-refractivity contribution in [3.63, 3.8) is 0 Å². The molecule has 6 heteroatoms. The van der Waals surface area contributed by atoms with Gasteiger partial charge in [0.15, 0.2) is 5.82 Å². The molecule has 0 saturated carbocycles. The number of nitrogen functional groups attached to an aromatic ring is 1. The van der Waals surface area contributed by atoms with Gasteiger partial charge in [-0.15, -0.1) is 0 Å². The molecule has 5 nitrogen and oxygen atoms in total. The van der Waals surface area contributed by atoms with Gasteiger partial charge in [-0.1, -0.05) is 25.1 Å². The summed E-state index contributed by atoms with van der Waals surface area (Å²) in [5.74, 6) is 4.23. The number of fused-ring (bicyclic) bond motifs is 3. The van der Waals surface area contributed by atoms with E-state index in [1.165, 1.54) is 24.5 Å². The molecule has 2 aromatic heterocycles. The molecule has 0 bridgehead atoms. The molecule has 1 saturated heterocycles. The van der Waals surface area contributed by atoms with E-state index in [4.69, 9.17) is 10.7 Å². The van der Waals surface area contributed by atoms with Crippen LogP contribution in [0.4, 0.5) is 5.82 Å². The van der Waals surface area contributed by atoms with Crippen LogP contribution in [0.2, 0.25) is 0 Å². The minimum atomic E-state index is 0.536. The lowest BCUT2D eigenvalue weighted by Crippen LogP contribution is -2.42. The van der Waals surface area contributed by atoms with E-state index in [0.29, 0.717) is 5.82 Å². The highest BCUT2D eigenvalue weighted by Crippen LogP contribution is 2.29. The van der Waals surface area contributed by atoms with Crippen LogP contribution in [-0.2, 0) is 13.0 Å². The fraction of sp³-hybridized carbons (Fsp3) is 0.500. The second-order valence-electron chi connectivity index (χ2n) is 7.12. The van der Waals surface area contributed by atoms with E-state index >= 15 is 0 Å². The Morgan fingerprint density at radius 1 is 1.23 bits per heavy atom. The fourth-order valence-corrected chi connectivity index (χ4v) is 4.66. The first-order chi connectivity index (χ1) is 12.7. The van der Waals surface area contributed by atoms with E-state index in [1.54, 1.807) is 0 Å². The van der Waals surface area contributed by atoms with Crippen molar-refractivity contribution < 1.29 is 0 Å². The zero-order valence-electron chi connectivity index (χ0n) is 15.6. The number of anilines is 1. The number of nitrogens with two attached hydrogens (primary N) is 1. The summed E-state index contributed by atoms with van der Waals surface area (Å²) in [6, 6.07) is 9.02. The molecule has 1 fully saturated rings.